The highest BCUT2D eigenvalue weighted by Crippen LogP contribution is 2.26. The molecule has 0 spiro atoms. The molecule has 102 valence electrons. The molecule has 1 aromatic carbocycles. The number of nitrogens with one attached hydrogen (secondary N) is 1. The third-order valence-corrected chi connectivity index (χ3v) is 3.23. The fourth-order valence-corrected chi connectivity index (χ4v) is 2.07. The quantitative estimate of drug-likeness (QED) is 0.529. The van der Waals surface area contributed by atoms with Crippen LogP contribution in [-0.2, 0) is 0 Å². The minimum atomic E-state index is -0.527. The predicted molar refractivity (Wildman–Crippen MR) is 77.7 cm³/mol. The van der Waals surface area contributed by atoms with Gasteiger partial charge in [-0.15, -0.1) is 0 Å². The number of aromatic nitrogens is 1. The molecule has 0 fully saturated rings. The van der Waals surface area contributed by atoms with E-state index in [0.717, 1.165) is 5.56 Å². The number of halogens is 1. The molecule has 2 rings (SSSR count). The zero-order valence-corrected chi connectivity index (χ0v) is 12.0. The van der Waals surface area contributed by atoms with Crippen LogP contribution in [-0.4, -0.2) is 15.8 Å². The van der Waals surface area contributed by atoms with E-state index in [1.165, 1.54) is 18.3 Å². The van der Waals surface area contributed by atoms with Crippen molar-refractivity contribution in [2.24, 2.45) is 0 Å². The summed E-state index contributed by atoms with van der Waals surface area (Å²) in [7, 11) is 0. The molecule has 0 saturated carbocycles. The van der Waals surface area contributed by atoms with Crippen molar-refractivity contribution in [2.75, 3.05) is 5.32 Å². The molecule has 0 saturated heterocycles. The van der Waals surface area contributed by atoms with Gasteiger partial charge in [-0.1, -0.05) is 6.07 Å². The van der Waals surface area contributed by atoms with E-state index in [2.05, 4.69) is 26.2 Å². The first-order valence-corrected chi connectivity index (χ1v) is 6.45. The van der Waals surface area contributed by atoms with E-state index in [1.54, 1.807) is 25.1 Å². The number of carbonyl (C=O) groups excluding carboxylic acids is 1. The Balaban J connectivity index is 2.33. The number of nitrogens with zero attached hydrogens (tertiary/aromatic N) is 2. The van der Waals surface area contributed by atoms with Crippen LogP contribution < -0.4 is 5.32 Å². The van der Waals surface area contributed by atoms with Crippen LogP contribution in [0.4, 0.5) is 11.4 Å². The van der Waals surface area contributed by atoms with Crippen LogP contribution in [0, 0.1) is 17.0 Å². The molecule has 0 aliphatic heterocycles. The predicted octanol–water partition coefficient (Wildman–Crippen LogP) is 3.31. The van der Waals surface area contributed by atoms with Gasteiger partial charge >= 0.3 is 0 Å². The Morgan fingerprint density at radius 3 is 2.80 bits per heavy atom. The van der Waals surface area contributed by atoms with Gasteiger partial charge in [-0.05, 0) is 46.6 Å². The first kappa shape index (κ1) is 14.1. The summed E-state index contributed by atoms with van der Waals surface area (Å²) in [5.41, 5.74) is 1.07. The average Bonchev–Trinajstić information content (AvgIpc) is 2.41. The van der Waals surface area contributed by atoms with E-state index in [4.69, 9.17) is 0 Å². The second-order valence-corrected chi connectivity index (χ2v) is 4.82. The number of hydrogen-bond acceptors (Lipinski definition) is 4. The third-order valence-electron chi connectivity index (χ3n) is 2.60. The molecule has 1 N–H and O–H groups in total. The average molecular weight is 336 g/mol. The van der Waals surface area contributed by atoms with Gasteiger partial charge in [0.15, 0.2) is 0 Å². The summed E-state index contributed by atoms with van der Waals surface area (Å²) in [6.45, 7) is 1.75. The molecule has 0 bridgehead atoms. The number of hydrogen-bond donors (Lipinski definition) is 1. The Labute approximate surface area is 123 Å². The molecule has 6 nitrogen and oxygen atoms in total. The highest BCUT2D eigenvalue weighted by molar-refractivity contribution is 9.10. The van der Waals surface area contributed by atoms with Crippen molar-refractivity contribution in [1.29, 1.82) is 0 Å². The molecule has 0 unspecified atom stereocenters. The minimum Gasteiger partial charge on any atom is -0.316 e. The number of rotatable bonds is 3. The van der Waals surface area contributed by atoms with E-state index in [-0.39, 0.29) is 11.4 Å². The van der Waals surface area contributed by atoms with Gasteiger partial charge in [0, 0.05) is 12.3 Å². The number of benzene rings is 1. The summed E-state index contributed by atoms with van der Waals surface area (Å²) in [6, 6.07) is 7.81. The molecule has 0 aliphatic carbocycles. The summed E-state index contributed by atoms with van der Waals surface area (Å²) in [5.74, 6) is -0.461. The van der Waals surface area contributed by atoms with Crippen LogP contribution in [0.2, 0.25) is 0 Å². The molecule has 7 heteroatoms. The van der Waals surface area contributed by atoms with Gasteiger partial charge in [0.1, 0.15) is 10.3 Å². The molecular weight excluding hydrogens is 326 g/mol. The zero-order valence-electron chi connectivity index (χ0n) is 10.5. The fraction of sp³-hybridized carbons (Fsp3) is 0.0769. The van der Waals surface area contributed by atoms with Gasteiger partial charge in [-0.2, -0.15) is 0 Å². The molecule has 20 heavy (non-hydrogen) atoms. The summed E-state index contributed by atoms with van der Waals surface area (Å²) in [5, 5.41) is 13.5. The van der Waals surface area contributed by atoms with Gasteiger partial charge in [-0.3, -0.25) is 14.9 Å². The van der Waals surface area contributed by atoms with Crippen LogP contribution in [0.1, 0.15) is 15.9 Å². The SMILES string of the molecule is Cc1ccc(NC(=O)c2cccnc2Br)c([N+](=O)[O-])c1. The Morgan fingerprint density at radius 2 is 2.15 bits per heavy atom. The van der Waals surface area contributed by atoms with E-state index in [9.17, 15) is 14.9 Å². The molecule has 0 aliphatic rings. The van der Waals surface area contributed by atoms with Crippen LogP contribution >= 0.6 is 15.9 Å². The molecule has 1 heterocycles. The molecule has 1 aromatic heterocycles. The molecule has 0 atom stereocenters. The first-order valence-electron chi connectivity index (χ1n) is 5.66. The smallest absolute Gasteiger partial charge is 0.293 e. The van der Waals surface area contributed by atoms with E-state index >= 15 is 0 Å². The first-order chi connectivity index (χ1) is 9.49. The van der Waals surface area contributed by atoms with Crippen LogP contribution in [0.5, 0.6) is 0 Å². The standard InChI is InChI=1S/C13H10BrN3O3/c1-8-4-5-10(11(7-8)17(19)20)16-13(18)9-3-2-6-15-12(9)14/h2-7H,1H3,(H,16,18). The number of pyridine rings is 1. The van der Waals surface area contributed by atoms with Gasteiger partial charge in [-0.25, -0.2) is 4.98 Å². The normalized spacial score (nSPS) is 10.1. The largest absolute Gasteiger partial charge is 0.316 e. The second kappa shape index (κ2) is 5.79. The van der Waals surface area contributed by atoms with Gasteiger partial charge in [0.05, 0.1) is 10.5 Å². The Hall–Kier alpha value is -2.28. The lowest BCUT2D eigenvalue weighted by Crippen LogP contribution is -2.14. The van der Waals surface area contributed by atoms with Crippen molar-refractivity contribution in [1.82, 2.24) is 4.98 Å². The maximum atomic E-state index is 12.1. The summed E-state index contributed by atoms with van der Waals surface area (Å²) in [6.07, 6.45) is 1.54. The van der Waals surface area contributed by atoms with Crippen LogP contribution in [0.3, 0.4) is 0 Å². The Kier molecular flexibility index (Phi) is 4.09. The Morgan fingerprint density at radius 1 is 1.40 bits per heavy atom. The molecule has 1 amide bonds. The van der Waals surface area contributed by atoms with Gasteiger partial charge in [0.2, 0.25) is 0 Å². The van der Waals surface area contributed by atoms with Gasteiger partial charge in [0.25, 0.3) is 11.6 Å². The second-order valence-electron chi connectivity index (χ2n) is 4.07. The van der Waals surface area contributed by atoms with E-state index in [1.807, 2.05) is 0 Å². The van der Waals surface area contributed by atoms with Crippen molar-refractivity contribution in [3.63, 3.8) is 0 Å². The number of carbonyl (C=O) groups is 1. The van der Waals surface area contributed by atoms with Crippen molar-refractivity contribution in [2.45, 2.75) is 6.92 Å². The van der Waals surface area contributed by atoms with E-state index in [0.29, 0.717) is 10.2 Å². The van der Waals surface area contributed by atoms with Gasteiger partial charge < -0.3 is 5.32 Å². The topological polar surface area (TPSA) is 85.1 Å². The molecule has 2 aromatic rings. The zero-order chi connectivity index (χ0) is 14.7. The highest BCUT2D eigenvalue weighted by atomic mass is 79.9. The monoisotopic (exact) mass is 335 g/mol. The number of amides is 1. The van der Waals surface area contributed by atoms with Crippen molar-refractivity contribution < 1.29 is 9.72 Å². The van der Waals surface area contributed by atoms with E-state index < -0.39 is 10.8 Å². The molecular formula is C13H10BrN3O3. The number of nitro groups is 1. The number of nitro benzene ring substituents is 1. The van der Waals surface area contributed by atoms with Crippen molar-refractivity contribution >= 4 is 33.2 Å². The fourth-order valence-electron chi connectivity index (χ4n) is 1.64. The maximum absolute atomic E-state index is 12.1. The summed E-state index contributed by atoms with van der Waals surface area (Å²) in [4.78, 5) is 26.5. The lowest BCUT2D eigenvalue weighted by atomic mass is 10.2. The Bertz CT molecular complexity index is 688. The number of aryl methyl sites for hydroxylation is 1. The maximum Gasteiger partial charge on any atom is 0.293 e. The highest BCUT2D eigenvalue weighted by Gasteiger charge is 2.18. The minimum absolute atomic E-state index is 0.140. The molecule has 0 radical (unpaired) electrons. The van der Waals surface area contributed by atoms with Crippen molar-refractivity contribution in [3.8, 4) is 0 Å². The summed E-state index contributed by atoms with van der Waals surface area (Å²) >= 11 is 3.16. The van der Waals surface area contributed by atoms with Crippen molar-refractivity contribution in [3.05, 3.63) is 62.4 Å². The summed E-state index contributed by atoms with van der Waals surface area (Å²) < 4.78 is 0.382. The van der Waals surface area contributed by atoms with Crippen LogP contribution in [0.15, 0.2) is 41.1 Å². The lowest BCUT2D eigenvalue weighted by Gasteiger charge is -2.07. The van der Waals surface area contributed by atoms with Crippen LogP contribution in [0.25, 0.3) is 0 Å². The third kappa shape index (κ3) is 3.00. The number of anilines is 1. The lowest BCUT2D eigenvalue weighted by molar-refractivity contribution is -0.384.